The number of nitrogens with zero attached hydrogens (tertiary/aromatic N) is 3. The molecule has 2 aliphatic heterocycles. The quantitative estimate of drug-likeness (QED) is 0.861. The van der Waals surface area contributed by atoms with Crippen LogP contribution in [0.25, 0.3) is 0 Å². The van der Waals surface area contributed by atoms with Crippen molar-refractivity contribution in [3.63, 3.8) is 0 Å². The van der Waals surface area contributed by atoms with Crippen LogP contribution in [0.5, 0.6) is 0 Å². The molecule has 0 unspecified atom stereocenters. The van der Waals surface area contributed by atoms with E-state index in [0.717, 1.165) is 25.9 Å². The fraction of sp³-hybridized carbons (Fsp3) is 0.714. The zero-order chi connectivity index (χ0) is 16.6. The molecule has 2 aliphatic rings. The average Bonchev–Trinajstić information content (AvgIpc) is 3.17. The number of anilines is 1. The molecule has 3 rings (SSSR count). The third-order valence-electron chi connectivity index (χ3n) is 4.65. The van der Waals surface area contributed by atoms with Gasteiger partial charge in [-0.3, -0.25) is 4.79 Å². The molecule has 0 aliphatic carbocycles. The SMILES string of the molecule is Cc1onc(N)c1S(=O)(=O)N1CCC(C(=O)N2CCCC2)CC1. The highest BCUT2D eigenvalue weighted by Gasteiger charge is 2.37. The van der Waals surface area contributed by atoms with Crippen LogP contribution in [0.3, 0.4) is 0 Å². The molecule has 0 aromatic carbocycles. The van der Waals surface area contributed by atoms with Gasteiger partial charge in [0.05, 0.1) is 0 Å². The van der Waals surface area contributed by atoms with Crippen molar-refractivity contribution in [2.24, 2.45) is 5.92 Å². The van der Waals surface area contributed by atoms with Crippen molar-refractivity contribution >= 4 is 21.7 Å². The number of piperidine rings is 1. The number of nitrogen functional groups attached to an aromatic ring is 1. The zero-order valence-electron chi connectivity index (χ0n) is 13.2. The third-order valence-corrected chi connectivity index (χ3v) is 6.71. The first-order valence-corrected chi connectivity index (χ1v) is 9.36. The maximum absolute atomic E-state index is 12.7. The van der Waals surface area contributed by atoms with Gasteiger partial charge in [-0.2, -0.15) is 4.31 Å². The van der Waals surface area contributed by atoms with Gasteiger partial charge in [-0.05, 0) is 32.6 Å². The molecule has 0 radical (unpaired) electrons. The summed E-state index contributed by atoms with van der Waals surface area (Å²) in [6, 6.07) is 0. The smallest absolute Gasteiger partial charge is 0.250 e. The highest BCUT2D eigenvalue weighted by atomic mass is 32.2. The first kappa shape index (κ1) is 16.3. The molecule has 128 valence electrons. The molecule has 1 amide bonds. The van der Waals surface area contributed by atoms with Gasteiger partial charge in [0.15, 0.2) is 16.5 Å². The Bertz CT molecular complexity index is 666. The Kier molecular flexibility index (Phi) is 4.33. The van der Waals surface area contributed by atoms with Crippen LogP contribution in [-0.2, 0) is 14.8 Å². The van der Waals surface area contributed by atoms with Gasteiger partial charge in [-0.1, -0.05) is 5.16 Å². The molecule has 0 atom stereocenters. The van der Waals surface area contributed by atoms with E-state index in [-0.39, 0.29) is 28.3 Å². The van der Waals surface area contributed by atoms with E-state index in [0.29, 0.717) is 25.9 Å². The Morgan fingerprint density at radius 3 is 2.35 bits per heavy atom. The fourth-order valence-corrected chi connectivity index (χ4v) is 5.01. The normalized spacial score (nSPS) is 21.0. The molecule has 1 aromatic rings. The van der Waals surface area contributed by atoms with Crippen LogP contribution in [0.4, 0.5) is 5.82 Å². The van der Waals surface area contributed by atoms with Crippen LogP contribution in [0.15, 0.2) is 9.42 Å². The Balaban J connectivity index is 1.68. The second kappa shape index (κ2) is 6.12. The summed E-state index contributed by atoms with van der Waals surface area (Å²) in [6.07, 6.45) is 3.20. The summed E-state index contributed by atoms with van der Waals surface area (Å²) >= 11 is 0. The molecule has 23 heavy (non-hydrogen) atoms. The van der Waals surface area contributed by atoms with Crippen molar-refractivity contribution in [3.05, 3.63) is 5.76 Å². The van der Waals surface area contributed by atoms with Crippen LogP contribution in [0.1, 0.15) is 31.4 Å². The summed E-state index contributed by atoms with van der Waals surface area (Å²) in [5, 5.41) is 3.51. The van der Waals surface area contributed by atoms with Gasteiger partial charge in [-0.25, -0.2) is 8.42 Å². The minimum atomic E-state index is -3.72. The molecule has 2 saturated heterocycles. The number of likely N-dealkylation sites (tertiary alicyclic amines) is 1. The number of hydrogen-bond acceptors (Lipinski definition) is 6. The summed E-state index contributed by atoms with van der Waals surface area (Å²) in [5.41, 5.74) is 5.62. The number of carbonyl (C=O) groups is 1. The minimum Gasteiger partial charge on any atom is -0.380 e. The number of sulfonamides is 1. The molecule has 8 nitrogen and oxygen atoms in total. The lowest BCUT2D eigenvalue weighted by atomic mass is 9.97. The standard InChI is InChI=1S/C14H22N4O4S/c1-10-12(13(15)16-22-10)23(20,21)18-8-4-11(5-9-18)14(19)17-6-2-3-7-17/h11H,2-9H2,1H3,(H2,15,16). The van der Waals surface area contributed by atoms with Gasteiger partial charge >= 0.3 is 0 Å². The lowest BCUT2D eigenvalue weighted by Gasteiger charge is -2.32. The molecule has 2 fully saturated rings. The average molecular weight is 342 g/mol. The van der Waals surface area contributed by atoms with Crippen molar-refractivity contribution in [3.8, 4) is 0 Å². The van der Waals surface area contributed by atoms with Crippen LogP contribution in [-0.4, -0.2) is 54.9 Å². The summed E-state index contributed by atoms with van der Waals surface area (Å²) < 4.78 is 31.6. The van der Waals surface area contributed by atoms with Gasteiger partial charge in [0.25, 0.3) is 0 Å². The number of rotatable bonds is 3. The zero-order valence-corrected chi connectivity index (χ0v) is 14.0. The Labute approximate surface area is 135 Å². The molecule has 0 saturated carbocycles. The number of aromatic nitrogens is 1. The van der Waals surface area contributed by atoms with E-state index in [9.17, 15) is 13.2 Å². The summed E-state index contributed by atoms with van der Waals surface area (Å²) in [5.74, 6) is 0.163. The highest BCUT2D eigenvalue weighted by Crippen LogP contribution is 2.30. The van der Waals surface area contributed by atoms with Crippen LogP contribution >= 0.6 is 0 Å². The van der Waals surface area contributed by atoms with Crippen LogP contribution < -0.4 is 5.73 Å². The monoisotopic (exact) mass is 342 g/mol. The number of aryl methyl sites for hydroxylation is 1. The molecule has 0 spiro atoms. The van der Waals surface area contributed by atoms with Gasteiger partial charge in [0.2, 0.25) is 15.9 Å². The molecular formula is C14H22N4O4S. The van der Waals surface area contributed by atoms with Crippen LogP contribution in [0, 0.1) is 12.8 Å². The molecular weight excluding hydrogens is 320 g/mol. The lowest BCUT2D eigenvalue weighted by molar-refractivity contribution is -0.135. The molecule has 0 bridgehead atoms. The molecule has 2 N–H and O–H groups in total. The molecule has 1 aromatic heterocycles. The largest absolute Gasteiger partial charge is 0.380 e. The highest BCUT2D eigenvalue weighted by molar-refractivity contribution is 7.89. The predicted molar refractivity (Wildman–Crippen MR) is 82.9 cm³/mol. The molecule has 9 heteroatoms. The van der Waals surface area contributed by atoms with E-state index >= 15 is 0 Å². The molecule has 3 heterocycles. The van der Waals surface area contributed by atoms with Gasteiger partial charge < -0.3 is 15.2 Å². The maximum atomic E-state index is 12.7. The van der Waals surface area contributed by atoms with E-state index in [4.69, 9.17) is 10.3 Å². The lowest BCUT2D eigenvalue weighted by Crippen LogP contribution is -2.43. The summed E-state index contributed by atoms with van der Waals surface area (Å²) in [6.45, 7) is 3.81. The number of nitrogens with two attached hydrogens (primary N) is 1. The summed E-state index contributed by atoms with van der Waals surface area (Å²) in [4.78, 5) is 14.3. The van der Waals surface area contributed by atoms with Crippen molar-refractivity contribution in [1.29, 1.82) is 0 Å². The number of hydrogen-bond donors (Lipinski definition) is 1. The van der Waals surface area contributed by atoms with E-state index in [2.05, 4.69) is 5.16 Å². The Hall–Kier alpha value is -1.61. The van der Waals surface area contributed by atoms with Gasteiger partial charge in [0, 0.05) is 32.1 Å². The topological polar surface area (TPSA) is 110 Å². The first-order valence-electron chi connectivity index (χ1n) is 7.92. The first-order chi connectivity index (χ1) is 10.9. The van der Waals surface area contributed by atoms with Crippen molar-refractivity contribution < 1.29 is 17.7 Å². The Morgan fingerprint density at radius 2 is 1.83 bits per heavy atom. The number of carbonyl (C=O) groups excluding carboxylic acids is 1. The minimum absolute atomic E-state index is 0.0539. The van der Waals surface area contributed by atoms with E-state index in [1.807, 2.05) is 4.90 Å². The van der Waals surface area contributed by atoms with Crippen molar-refractivity contribution in [1.82, 2.24) is 14.4 Å². The fourth-order valence-electron chi connectivity index (χ4n) is 3.36. The summed E-state index contributed by atoms with van der Waals surface area (Å²) in [7, 11) is -3.72. The second-order valence-corrected chi connectivity index (χ2v) is 8.04. The number of amides is 1. The van der Waals surface area contributed by atoms with E-state index in [1.54, 1.807) is 0 Å². The van der Waals surface area contributed by atoms with Crippen LogP contribution in [0.2, 0.25) is 0 Å². The Morgan fingerprint density at radius 1 is 1.22 bits per heavy atom. The van der Waals surface area contributed by atoms with E-state index in [1.165, 1.54) is 11.2 Å². The third kappa shape index (κ3) is 2.94. The maximum Gasteiger partial charge on any atom is 0.250 e. The predicted octanol–water partition coefficient (Wildman–Crippen LogP) is 0.588. The van der Waals surface area contributed by atoms with E-state index < -0.39 is 10.0 Å². The van der Waals surface area contributed by atoms with Crippen molar-refractivity contribution in [2.75, 3.05) is 31.9 Å². The van der Waals surface area contributed by atoms with Crippen molar-refractivity contribution in [2.45, 2.75) is 37.5 Å². The second-order valence-electron chi connectivity index (χ2n) is 6.16. The van der Waals surface area contributed by atoms with Gasteiger partial charge in [-0.15, -0.1) is 0 Å². The van der Waals surface area contributed by atoms with Gasteiger partial charge in [0.1, 0.15) is 0 Å².